The van der Waals surface area contributed by atoms with E-state index in [0.29, 0.717) is 0 Å². The molecule has 0 aliphatic rings. The van der Waals surface area contributed by atoms with E-state index in [-0.39, 0.29) is 6.04 Å². The highest BCUT2D eigenvalue weighted by molar-refractivity contribution is 9.13. The molecule has 0 saturated carbocycles. The molecule has 0 aliphatic carbocycles. The third kappa shape index (κ3) is 3.15. The quantitative estimate of drug-likeness (QED) is 0.886. The van der Waals surface area contributed by atoms with Crippen molar-refractivity contribution in [3.8, 4) is 0 Å². The van der Waals surface area contributed by atoms with Gasteiger partial charge < -0.3 is 9.88 Å². The largest absolute Gasteiger partial charge is 0.319 e. The Kier molecular flexibility index (Phi) is 4.35. The van der Waals surface area contributed by atoms with E-state index in [9.17, 15) is 0 Å². The van der Waals surface area contributed by atoms with E-state index in [4.69, 9.17) is 0 Å². The molecule has 0 aliphatic heterocycles. The minimum Gasteiger partial charge on any atom is -0.319 e. The van der Waals surface area contributed by atoms with Gasteiger partial charge in [0.05, 0.1) is 9.83 Å². The number of hydrogen-bond donors (Lipinski definition) is 1. The summed E-state index contributed by atoms with van der Waals surface area (Å²) in [7, 11) is 1.95. The highest BCUT2D eigenvalue weighted by atomic mass is 79.9. The fourth-order valence-electron chi connectivity index (χ4n) is 1.51. The molecule has 2 heterocycles. The smallest absolute Gasteiger partial charge is 0.149 e. The van der Waals surface area contributed by atoms with Crippen molar-refractivity contribution in [1.29, 1.82) is 0 Å². The van der Waals surface area contributed by atoms with Crippen LogP contribution >= 0.6 is 43.2 Å². The number of aryl methyl sites for hydroxylation is 1. The highest BCUT2D eigenvalue weighted by Crippen LogP contribution is 2.32. The van der Waals surface area contributed by atoms with E-state index in [1.54, 1.807) is 17.7 Å². The molecule has 0 aromatic carbocycles. The number of hydrogen-bond acceptors (Lipinski definition) is 4. The molecule has 0 bridgehead atoms. The maximum absolute atomic E-state index is 4.09. The van der Waals surface area contributed by atoms with Crippen LogP contribution in [0.25, 0.3) is 0 Å². The molecule has 2 aromatic rings. The van der Waals surface area contributed by atoms with Crippen molar-refractivity contribution in [3.63, 3.8) is 0 Å². The van der Waals surface area contributed by atoms with Gasteiger partial charge in [-0.25, -0.2) is 0 Å². The summed E-state index contributed by atoms with van der Waals surface area (Å²) in [6, 6.07) is 2.30. The molecule has 0 spiro atoms. The van der Waals surface area contributed by atoms with Crippen LogP contribution in [-0.4, -0.2) is 14.8 Å². The standard InChI is InChI=1S/C10H12Br2N4S/c1-6(10-15-14-5-16(10)2)13-4-7-3-8(11)9(12)17-7/h3,5-6,13H,4H2,1-2H3. The van der Waals surface area contributed by atoms with Crippen molar-refractivity contribution in [1.82, 2.24) is 20.1 Å². The van der Waals surface area contributed by atoms with Crippen LogP contribution in [0.5, 0.6) is 0 Å². The highest BCUT2D eigenvalue weighted by Gasteiger charge is 2.11. The van der Waals surface area contributed by atoms with Gasteiger partial charge in [0.15, 0.2) is 0 Å². The first-order chi connectivity index (χ1) is 8.08. The molecule has 92 valence electrons. The van der Waals surface area contributed by atoms with Crippen LogP contribution in [0.4, 0.5) is 0 Å². The van der Waals surface area contributed by atoms with E-state index < -0.39 is 0 Å². The molecular formula is C10H12Br2N4S. The van der Waals surface area contributed by atoms with Crippen LogP contribution in [0.1, 0.15) is 23.7 Å². The van der Waals surface area contributed by atoms with Gasteiger partial charge >= 0.3 is 0 Å². The van der Waals surface area contributed by atoms with Crippen molar-refractivity contribution >= 4 is 43.2 Å². The first-order valence-electron chi connectivity index (χ1n) is 5.09. The van der Waals surface area contributed by atoms with Gasteiger partial charge in [0, 0.05) is 22.9 Å². The molecular weight excluding hydrogens is 368 g/mol. The first kappa shape index (κ1) is 13.2. The SMILES string of the molecule is CC(NCc1cc(Br)c(Br)s1)c1nncn1C. The van der Waals surface area contributed by atoms with Crippen molar-refractivity contribution in [2.24, 2.45) is 7.05 Å². The zero-order valence-electron chi connectivity index (χ0n) is 9.44. The molecule has 17 heavy (non-hydrogen) atoms. The monoisotopic (exact) mass is 378 g/mol. The Morgan fingerprint density at radius 2 is 2.29 bits per heavy atom. The molecule has 1 atom stereocenters. The van der Waals surface area contributed by atoms with Gasteiger partial charge in [0.25, 0.3) is 0 Å². The molecule has 7 heteroatoms. The van der Waals surface area contributed by atoms with Crippen molar-refractivity contribution in [2.75, 3.05) is 0 Å². The van der Waals surface area contributed by atoms with E-state index >= 15 is 0 Å². The molecule has 1 unspecified atom stereocenters. The van der Waals surface area contributed by atoms with Gasteiger partial charge in [-0.1, -0.05) is 0 Å². The molecule has 0 saturated heterocycles. The normalized spacial score (nSPS) is 12.9. The third-order valence-electron chi connectivity index (χ3n) is 2.41. The van der Waals surface area contributed by atoms with Crippen LogP contribution < -0.4 is 5.32 Å². The maximum Gasteiger partial charge on any atom is 0.149 e. The second-order valence-electron chi connectivity index (χ2n) is 3.74. The Balaban J connectivity index is 1.97. The number of aromatic nitrogens is 3. The Bertz CT molecular complexity index is 489. The van der Waals surface area contributed by atoms with E-state index in [1.165, 1.54) is 4.88 Å². The summed E-state index contributed by atoms with van der Waals surface area (Å²) in [6.07, 6.45) is 1.71. The fraction of sp³-hybridized carbons (Fsp3) is 0.400. The number of halogens is 2. The zero-order chi connectivity index (χ0) is 12.4. The molecule has 4 nitrogen and oxygen atoms in total. The van der Waals surface area contributed by atoms with Crippen molar-refractivity contribution in [3.05, 3.63) is 31.4 Å². The van der Waals surface area contributed by atoms with Crippen molar-refractivity contribution in [2.45, 2.75) is 19.5 Å². The molecule has 2 rings (SSSR count). The first-order valence-corrected chi connectivity index (χ1v) is 7.49. The van der Waals surface area contributed by atoms with E-state index in [2.05, 4.69) is 60.4 Å². The lowest BCUT2D eigenvalue weighted by atomic mass is 10.3. The average molecular weight is 380 g/mol. The second kappa shape index (κ2) is 5.60. The predicted molar refractivity (Wildman–Crippen MR) is 76.0 cm³/mol. The van der Waals surface area contributed by atoms with Gasteiger partial charge in [0.1, 0.15) is 12.2 Å². The van der Waals surface area contributed by atoms with Crippen LogP contribution in [0.2, 0.25) is 0 Å². The van der Waals surface area contributed by atoms with Crippen molar-refractivity contribution < 1.29 is 0 Å². The Hall–Kier alpha value is -0.240. The fourth-order valence-corrected chi connectivity index (χ4v) is 3.64. The molecule has 1 N–H and O–H groups in total. The summed E-state index contributed by atoms with van der Waals surface area (Å²) in [5, 5.41) is 11.4. The van der Waals surface area contributed by atoms with Crippen LogP contribution in [0, 0.1) is 0 Å². The second-order valence-corrected chi connectivity index (χ2v) is 7.05. The minimum atomic E-state index is 0.183. The minimum absolute atomic E-state index is 0.183. The lowest BCUT2D eigenvalue weighted by Gasteiger charge is -2.11. The number of rotatable bonds is 4. The average Bonchev–Trinajstić information content (AvgIpc) is 2.83. The van der Waals surface area contributed by atoms with Gasteiger partial charge in [-0.15, -0.1) is 21.5 Å². The summed E-state index contributed by atoms with van der Waals surface area (Å²) in [4.78, 5) is 1.28. The maximum atomic E-state index is 4.09. The number of nitrogens with one attached hydrogen (secondary N) is 1. The molecule has 0 fully saturated rings. The lowest BCUT2D eigenvalue weighted by molar-refractivity contribution is 0.531. The summed E-state index contributed by atoms with van der Waals surface area (Å²) in [5.74, 6) is 0.944. The van der Waals surface area contributed by atoms with Crippen LogP contribution in [0.15, 0.2) is 20.7 Å². The van der Waals surface area contributed by atoms with Gasteiger partial charge in [-0.2, -0.15) is 0 Å². The van der Waals surface area contributed by atoms with E-state index in [1.807, 2.05) is 11.6 Å². The Morgan fingerprint density at radius 1 is 1.53 bits per heavy atom. The van der Waals surface area contributed by atoms with Gasteiger partial charge in [0.2, 0.25) is 0 Å². The summed E-state index contributed by atoms with van der Waals surface area (Å²) >= 11 is 8.70. The number of thiophene rings is 1. The van der Waals surface area contributed by atoms with Gasteiger partial charge in [-0.3, -0.25) is 0 Å². The van der Waals surface area contributed by atoms with Crippen LogP contribution in [-0.2, 0) is 13.6 Å². The number of nitrogens with zero attached hydrogens (tertiary/aromatic N) is 3. The van der Waals surface area contributed by atoms with Gasteiger partial charge in [-0.05, 0) is 44.8 Å². The lowest BCUT2D eigenvalue weighted by Crippen LogP contribution is -2.20. The summed E-state index contributed by atoms with van der Waals surface area (Å²) < 4.78 is 4.16. The van der Waals surface area contributed by atoms with E-state index in [0.717, 1.165) is 20.6 Å². The zero-order valence-corrected chi connectivity index (χ0v) is 13.4. The third-order valence-corrected chi connectivity index (χ3v) is 5.67. The molecule has 2 aromatic heterocycles. The molecule has 0 radical (unpaired) electrons. The predicted octanol–water partition coefficient (Wildman–Crippen LogP) is 3.25. The topological polar surface area (TPSA) is 42.7 Å². The summed E-state index contributed by atoms with van der Waals surface area (Å²) in [5.41, 5.74) is 0. The summed E-state index contributed by atoms with van der Waals surface area (Å²) in [6.45, 7) is 2.91. The molecule has 0 amide bonds. The van der Waals surface area contributed by atoms with Crippen LogP contribution in [0.3, 0.4) is 0 Å². The Labute approximate surface area is 121 Å². The Morgan fingerprint density at radius 3 is 2.82 bits per heavy atom.